The Hall–Kier alpha value is -6.98. The SMILES string of the molecule is C=CC(=O)OCCc1ccc(N(c2ccccc2)c2ccc(/C=C/c3ccc(C=C(c4ccccc4)c4ccc(OC(=O)C=C)cc4)cc3)cc2)cc1. The molecule has 260 valence electrons. The molecule has 6 rings (SSSR count). The lowest BCUT2D eigenvalue weighted by atomic mass is 9.95. The molecular formula is C48H39NO4. The second-order valence-corrected chi connectivity index (χ2v) is 12.1. The van der Waals surface area contributed by atoms with Gasteiger partial charge in [0.15, 0.2) is 0 Å². The van der Waals surface area contributed by atoms with Crippen molar-refractivity contribution in [3.63, 3.8) is 0 Å². The van der Waals surface area contributed by atoms with Crippen molar-refractivity contribution in [3.8, 4) is 5.75 Å². The predicted molar refractivity (Wildman–Crippen MR) is 217 cm³/mol. The number of carbonyl (C=O) groups excluding carboxylic acids is 2. The highest BCUT2D eigenvalue weighted by Crippen LogP contribution is 2.35. The summed E-state index contributed by atoms with van der Waals surface area (Å²) in [5.74, 6) is -0.427. The molecule has 6 aromatic carbocycles. The first kappa shape index (κ1) is 35.8. The molecule has 0 aromatic heterocycles. The van der Waals surface area contributed by atoms with E-state index in [1.54, 1.807) is 12.1 Å². The molecule has 0 heterocycles. The first-order valence-electron chi connectivity index (χ1n) is 17.3. The molecule has 5 heteroatoms. The number of para-hydroxylation sites is 1. The number of rotatable bonds is 14. The Morgan fingerprint density at radius 1 is 0.528 bits per heavy atom. The lowest BCUT2D eigenvalue weighted by molar-refractivity contribution is -0.137. The van der Waals surface area contributed by atoms with Crippen LogP contribution in [0.15, 0.2) is 183 Å². The zero-order valence-corrected chi connectivity index (χ0v) is 29.3. The first-order valence-corrected chi connectivity index (χ1v) is 17.3. The van der Waals surface area contributed by atoms with E-state index in [2.05, 4.69) is 133 Å². The van der Waals surface area contributed by atoms with E-state index in [1.807, 2.05) is 48.5 Å². The molecule has 0 atom stereocenters. The molecule has 0 aliphatic carbocycles. The molecule has 0 radical (unpaired) electrons. The summed E-state index contributed by atoms with van der Waals surface area (Å²) in [4.78, 5) is 25.2. The molecule has 0 spiro atoms. The number of nitrogens with zero attached hydrogens (tertiary/aromatic N) is 1. The highest BCUT2D eigenvalue weighted by molar-refractivity contribution is 5.92. The molecule has 0 aliphatic rings. The Kier molecular flexibility index (Phi) is 12.0. The second kappa shape index (κ2) is 17.8. The summed E-state index contributed by atoms with van der Waals surface area (Å²) in [5, 5.41) is 0. The van der Waals surface area contributed by atoms with E-state index in [0.717, 1.165) is 62.1 Å². The van der Waals surface area contributed by atoms with E-state index in [-0.39, 0.29) is 0 Å². The van der Waals surface area contributed by atoms with Gasteiger partial charge in [-0.3, -0.25) is 0 Å². The largest absolute Gasteiger partial charge is 0.462 e. The van der Waals surface area contributed by atoms with Gasteiger partial charge < -0.3 is 14.4 Å². The van der Waals surface area contributed by atoms with Gasteiger partial charge in [0.2, 0.25) is 0 Å². The highest BCUT2D eigenvalue weighted by Gasteiger charge is 2.12. The predicted octanol–water partition coefficient (Wildman–Crippen LogP) is 11.3. The fraction of sp³-hybridized carbons (Fsp3) is 0.0417. The average molecular weight is 694 g/mol. The minimum absolute atomic E-state index is 0.312. The molecule has 53 heavy (non-hydrogen) atoms. The van der Waals surface area contributed by atoms with Crippen LogP contribution in [0.25, 0.3) is 23.8 Å². The van der Waals surface area contributed by atoms with Crippen molar-refractivity contribution in [1.82, 2.24) is 0 Å². The molecule has 0 saturated heterocycles. The van der Waals surface area contributed by atoms with Crippen molar-refractivity contribution in [2.24, 2.45) is 0 Å². The van der Waals surface area contributed by atoms with Crippen LogP contribution in [0.1, 0.15) is 33.4 Å². The van der Waals surface area contributed by atoms with Gasteiger partial charge in [0.25, 0.3) is 0 Å². The van der Waals surface area contributed by atoms with Gasteiger partial charge in [-0.1, -0.05) is 135 Å². The molecule has 0 aliphatic heterocycles. The summed E-state index contributed by atoms with van der Waals surface area (Å²) >= 11 is 0. The number of carbonyl (C=O) groups is 2. The number of benzene rings is 6. The lowest BCUT2D eigenvalue weighted by Gasteiger charge is -2.25. The van der Waals surface area contributed by atoms with Crippen molar-refractivity contribution >= 4 is 52.8 Å². The van der Waals surface area contributed by atoms with Gasteiger partial charge in [-0.15, -0.1) is 0 Å². The maximum absolute atomic E-state index is 11.6. The molecular weight excluding hydrogens is 655 g/mol. The molecule has 0 bridgehead atoms. The van der Waals surface area contributed by atoms with E-state index in [9.17, 15) is 9.59 Å². The highest BCUT2D eigenvalue weighted by atomic mass is 16.5. The van der Waals surface area contributed by atoms with Crippen LogP contribution in [0.5, 0.6) is 5.75 Å². The zero-order valence-electron chi connectivity index (χ0n) is 29.3. The van der Waals surface area contributed by atoms with Gasteiger partial charge in [0.05, 0.1) is 6.61 Å². The van der Waals surface area contributed by atoms with Crippen LogP contribution < -0.4 is 9.64 Å². The Balaban J connectivity index is 1.17. The van der Waals surface area contributed by atoms with Crippen LogP contribution in [-0.4, -0.2) is 18.5 Å². The number of hydrogen-bond acceptors (Lipinski definition) is 5. The van der Waals surface area contributed by atoms with Gasteiger partial charge in [-0.05, 0) is 93.6 Å². The van der Waals surface area contributed by atoms with E-state index in [0.29, 0.717) is 18.8 Å². The van der Waals surface area contributed by atoms with Crippen molar-refractivity contribution in [2.45, 2.75) is 6.42 Å². The monoisotopic (exact) mass is 693 g/mol. The molecule has 5 nitrogen and oxygen atoms in total. The number of anilines is 3. The maximum atomic E-state index is 11.6. The minimum atomic E-state index is -0.487. The van der Waals surface area contributed by atoms with E-state index in [1.165, 1.54) is 6.08 Å². The third-order valence-corrected chi connectivity index (χ3v) is 8.51. The van der Waals surface area contributed by atoms with E-state index in [4.69, 9.17) is 9.47 Å². The number of ether oxygens (including phenoxy) is 2. The van der Waals surface area contributed by atoms with Crippen molar-refractivity contribution in [2.75, 3.05) is 11.5 Å². The third kappa shape index (κ3) is 9.84. The zero-order chi connectivity index (χ0) is 36.8. The van der Waals surface area contributed by atoms with Crippen LogP contribution in [0.4, 0.5) is 17.1 Å². The van der Waals surface area contributed by atoms with Crippen molar-refractivity contribution < 1.29 is 19.1 Å². The molecule has 0 fully saturated rings. The second-order valence-electron chi connectivity index (χ2n) is 12.1. The molecule has 0 N–H and O–H groups in total. The lowest BCUT2D eigenvalue weighted by Crippen LogP contribution is -2.10. The summed E-state index contributed by atoms with van der Waals surface area (Å²) in [6.45, 7) is 7.22. The van der Waals surface area contributed by atoms with Crippen LogP contribution in [0.2, 0.25) is 0 Å². The Bertz CT molecular complexity index is 2200. The number of hydrogen-bond donors (Lipinski definition) is 0. The summed E-state index contributed by atoms with van der Waals surface area (Å²) in [6.07, 6.45) is 9.36. The van der Waals surface area contributed by atoms with Gasteiger partial charge in [-0.2, -0.15) is 0 Å². The Morgan fingerprint density at radius 3 is 1.60 bits per heavy atom. The fourth-order valence-electron chi connectivity index (χ4n) is 5.77. The third-order valence-electron chi connectivity index (χ3n) is 8.51. The maximum Gasteiger partial charge on any atom is 0.335 e. The van der Waals surface area contributed by atoms with E-state index >= 15 is 0 Å². The van der Waals surface area contributed by atoms with Crippen LogP contribution in [-0.2, 0) is 20.7 Å². The van der Waals surface area contributed by atoms with Crippen LogP contribution in [0, 0.1) is 0 Å². The summed E-state index contributed by atoms with van der Waals surface area (Å²) < 4.78 is 10.4. The molecule has 6 aromatic rings. The Labute approximate surface area is 311 Å². The van der Waals surface area contributed by atoms with Crippen LogP contribution in [0.3, 0.4) is 0 Å². The summed E-state index contributed by atoms with van der Waals surface area (Å²) in [5.41, 5.74) is 10.6. The van der Waals surface area contributed by atoms with Gasteiger partial charge in [0, 0.05) is 35.6 Å². The standard InChI is InChI=1S/C48H39NO4/c1-3-47(50)52-34-33-38-23-29-44(30-24-38)49(42-13-9-6-10-14-42)43-27-21-37(22-28-43)16-15-36-17-19-39(20-18-36)35-46(40-11-7-5-8-12-40)41-25-31-45(32-26-41)53-48(51)4-2/h3-32,35H,1-2,33-34H2/b16-15+,46-35?. The number of esters is 2. The van der Waals surface area contributed by atoms with Crippen molar-refractivity contribution in [3.05, 3.63) is 216 Å². The van der Waals surface area contributed by atoms with E-state index < -0.39 is 11.9 Å². The molecule has 0 amide bonds. The summed E-state index contributed by atoms with van der Waals surface area (Å²) in [7, 11) is 0. The average Bonchev–Trinajstić information content (AvgIpc) is 3.21. The van der Waals surface area contributed by atoms with Crippen LogP contribution >= 0.6 is 0 Å². The fourth-order valence-corrected chi connectivity index (χ4v) is 5.77. The quantitative estimate of drug-likeness (QED) is 0.0492. The van der Waals surface area contributed by atoms with Gasteiger partial charge >= 0.3 is 11.9 Å². The van der Waals surface area contributed by atoms with Crippen molar-refractivity contribution in [1.29, 1.82) is 0 Å². The van der Waals surface area contributed by atoms with Gasteiger partial charge in [-0.25, -0.2) is 9.59 Å². The summed E-state index contributed by atoms with van der Waals surface area (Å²) in [6, 6.07) is 53.3. The normalized spacial score (nSPS) is 11.1. The Morgan fingerprint density at radius 2 is 1.02 bits per heavy atom. The topological polar surface area (TPSA) is 55.8 Å². The van der Waals surface area contributed by atoms with Gasteiger partial charge in [0.1, 0.15) is 5.75 Å². The molecule has 0 saturated carbocycles. The molecule has 0 unspecified atom stereocenters. The first-order chi connectivity index (χ1) is 26.0. The minimum Gasteiger partial charge on any atom is -0.462 e. The smallest absolute Gasteiger partial charge is 0.335 e.